The number of rotatable bonds is 9. The molecule has 69 heavy (non-hydrogen) atoms. The van der Waals surface area contributed by atoms with Crippen LogP contribution in [-0.2, 0) is 5.41 Å². The molecule has 13 rings (SSSR count). The number of para-hydroxylation sites is 1. The van der Waals surface area contributed by atoms with Crippen molar-refractivity contribution in [2.75, 3.05) is 4.90 Å². The lowest BCUT2D eigenvalue weighted by Crippen LogP contribution is -2.28. The third-order valence-corrected chi connectivity index (χ3v) is 14.2. The molecule has 1 aliphatic rings. The van der Waals surface area contributed by atoms with Gasteiger partial charge in [0.15, 0.2) is 0 Å². The van der Waals surface area contributed by atoms with Crippen LogP contribution >= 0.6 is 0 Å². The predicted octanol–water partition coefficient (Wildman–Crippen LogP) is 18.1. The Kier molecular flexibility index (Phi) is 9.77. The molecule has 0 fully saturated rings. The molecule has 1 aliphatic carbocycles. The van der Waals surface area contributed by atoms with Gasteiger partial charge >= 0.3 is 0 Å². The summed E-state index contributed by atoms with van der Waals surface area (Å²) >= 11 is 0. The van der Waals surface area contributed by atoms with Gasteiger partial charge in [-0.05, 0) is 121 Å². The molecule has 11 aromatic carbocycles. The fraction of sp³-hybridized carbons (Fsp3) is 0.0149. The van der Waals surface area contributed by atoms with Gasteiger partial charge in [-0.15, -0.1) is 0 Å². The molecule has 12 aromatic rings. The van der Waals surface area contributed by atoms with Gasteiger partial charge in [-0.2, -0.15) is 0 Å². The molecule has 0 spiro atoms. The van der Waals surface area contributed by atoms with Gasteiger partial charge in [0.2, 0.25) is 0 Å². The Labute approximate surface area is 402 Å². The van der Waals surface area contributed by atoms with Crippen LogP contribution in [0.1, 0.15) is 22.3 Å². The van der Waals surface area contributed by atoms with Gasteiger partial charge in [0.25, 0.3) is 0 Å². The lowest BCUT2D eigenvalue weighted by molar-refractivity contribution is 0.669. The first kappa shape index (κ1) is 40.3. The summed E-state index contributed by atoms with van der Waals surface area (Å²) in [6, 6.07) is 99.2. The third kappa shape index (κ3) is 6.64. The van der Waals surface area contributed by atoms with E-state index in [1.54, 1.807) is 0 Å². The van der Waals surface area contributed by atoms with E-state index in [1.807, 2.05) is 12.1 Å². The molecule has 0 saturated heterocycles. The Bertz CT molecular complexity index is 3760. The first-order valence-corrected chi connectivity index (χ1v) is 23.7. The fourth-order valence-corrected chi connectivity index (χ4v) is 11.1. The maximum Gasteiger partial charge on any atom is 0.136 e. The Hall–Kier alpha value is -8.98. The minimum atomic E-state index is -0.529. The van der Waals surface area contributed by atoms with Gasteiger partial charge in [-0.25, -0.2) is 0 Å². The summed E-state index contributed by atoms with van der Waals surface area (Å²) < 4.78 is 6.33. The van der Waals surface area contributed by atoms with Crippen molar-refractivity contribution < 1.29 is 4.42 Å². The van der Waals surface area contributed by atoms with Crippen LogP contribution in [0.5, 0.6) is 0 Å². The van der Waals surface area contributed by atoms with Gasteiger partial charge in [0.05, 0.1) is 11.1 Å². The minimum absolute atomic E-state index is 0.529. The summed E-state index contributed by atoms with van der Waals surface area (Å²) in [6.45, 7) is 0. The second-order valence-corrected chi connectivity index (χ2v) is 17.9. The highest BCUT2D eigenvalue weighted by Gasteiger charge is 2.47. The van der Waals surface area contributed by atoms with Crippen LogP contribution in [0.15, 0.2) is 277 Å². The second-order valence-electron chi connectivity index (χ2n) is 17.9. The van der Waals surface area contributed by atoms with Gasteiger partial charge in [-0.3, -0.25) is 0 Å². The zero-order valence-corrected chi connectivity index (χ0v) is 37.8. The molecule has 0 unspecified atom stereocenters. The summed E-state index contributed by atoms with van der Waals surface area (Å²) in [7, 11) is 0. The summed E-state index contributed by atoms with van der Waals surface area (Å²) in [5.41, 5.74) is 21.5. The van der Waals surface area contributed by atoms with E-state index in [-0.39, 0.29) is 0 Å². The van der Waals surface area contributed by atoms with E-state index < -0.39 is 5.41 Å². The lowest BCUT2D eigenvalue weighted by Gasteiger charge is -2.34. The Balaban J connectivity index is 0.995. The van der Waals surface area contributed by atoms with Crippen molar-refractivity contribution in [3.63, 3.8) is 0 Å². The van der Waals surface area contributed by atoms with E-state index in [0.29, 0.717) is 0 Å². The zero-order valence-electron chi connectivity index (χ0n) is 37.8. The van der Waals surface area contributed by atoms with Crippen molar-refractivity contribution in [1.82, 2.24) is 0 Å². The van der Waals surface area contributed by atoms with E-state index in [9.17, 15) is 0 Å². The molecule has 2 nitrogen and oxygen atoms in total. The maximum atomic E-state index is 6.33. The summed E-state index contributed by atoms with van der Waals surface area (Å²) in [5, 5.41) is 2.26. The number of hydrogen-bond donors (Lipinski definition) is 0. The number of anilines is 3. The van der Waals surface area contributed by atoms with Gasteiger partial charge < -0.3 is 9.32 Å². The molecule has 0 amide bonds. The van der Waals surface area contributed by atoms with Crippen molar-refractivity contribution >= 4 is 39.0 Å². The number of nitrogens with zero attached hydrogens (tertiary/aromatic N) is 1. The summed E-state index contributed by atoms with van der Waals surface area (Å²) in [5.74, 6) is 0. The van der Waals surface area contributed by atoms with E-state index in [4.69, 9.17) is 4.42 Å². The standard InChI is InChI=1S/C67H45NO/c1-5-19-47(20-6-1)55-44-39-50(45-59(55)48-21-7-2-8-22-48)46-35-40-53(41-36-46)68(54-42-37-49(38-43-54)56-29-17-34-64-65(56)58-28-14-16-33-63(58)69-64)62-32-18-31-61-66(62)57-27-13-15-30-60(57)67(61,51-23-9-3-10-24-51)52-25-11-4-12-26-52/h1-45H. The van der Waals surface area contributed by atoms with Gasteiger partial charge in [0, 0.05) is 27.7 Å². The van der Waals surface area contributed by atoms with Crippen LogP contribution in [0.4, 0.5) is 17.1 Å². The SMILES string of the molecule is c1ccc(-c2ccc(-c3ccc(N(c4ccc(-c5cccc6oc7ccccc7c56)cc4)c4cccc5c4-c4ccccc4C5(c4ccccc4)c4ccccc4)cc3)cc2-c2ccccc2)cc1. The molecule has 0 N–H and O–H groups in total. The largest absolute Gasteiger partial charge is 0.456 e. The van der Waals surface area contributed by atoms with Crippen molar-refractivity contribution in [2.24, 2.45) is 0 Å². The molecule has 0 aliphatic heterocycles. The van der Waals surface area contributed by atoms with Crippen LogP contribution in [0.2, 0.25) is 0 Å². The van der Waals surface area contributed by atoms with Crippen LogP contribution in [0.3, 0.4) is 0 Å². The van der Waals surface area contributed by atoms with Crippen molar-refractivity contribution in [3.8, 4) is 55.6 Å². The molecule has 2 heteroatoms. The molecule has 0 atom stereocenters. The normalized spacial score (nSPS) is 12.5. The highest BCUT2D eigenvalue weighted by Crippen LogP contribution is 2.59. The lowest BCUT2D eigenvalue weighted by atomic mass is 9.68. The topological polar surface area (TPSA) is 16.4 Å². The first-order valence-electron chi connectivity index (χ1n) is 23.7. The van der Waals surface area contributed by atoms with Crippen LogP contribution in [-0.4, -0.2) is 0 Å². The Morgan fingerprint density at radius 2 is 0.797 bits per heavy atom. The van der Waals surface area contributed by atoms with Crippen LogP contribution < -0.4 is 4.90 Å². The zero-order chi connectivity index (χ0) is 45.7. The van der Waals surface area contributed by atoms with E-state index in [0.717, 1.165) is 55.7 Å². The van der Waals surface area contributed by atoms with E-state index in [1.165, 1.54) is 61.2 Å². The number of fused-ring (bicyclic) bond motifs is 6. The smallest absolute Gasteiger partial charge is 0.136 e. The van der Waals surface area contributed by atoms with E-state index in [2.05, 4.69) is 266 Å². The van der Waals surface area contributed by atoms with Crippen LogP contribution in [0.25, 0.3) is 77.6 Å². The second kappa shape index (κ2) is 16.7. The number of furan rings is 1. The monoisotopic (exact) mass is 879 g/mol. The molecule has 324 valence electrons. The number of hydrogen-bond acceptors (Lipinski definition) is 2. The number of benzene rings is 11. The Morgan fingerprint density at radius 1 is 0.304 bits per heavy atom. The van der Waals surface area contributed by atoms with E-state index >= 15 is 0 Å². The molecule has 1 aromatic heterocycles. The fourth-order valence-electron chi connectivity index (χ4n) is 11.1. The van der Waals surface area contributed by atoms with Crippen molar-refractivity contribution in [3.05, 3.63) is 295 Å². The quantitative estimate of drug-likeness (QED) is 0.144. The van der Waals surface area contributed by atoms with Crippen LogP contribution in [0, 0.1) is 0 Å². The molecule has 0 saturated carbocycles. The van der Waals surface area contributed by atoms with Crippen molar-refractivity contribution in [2.45, 2.75) is 5.41 Å². The third-order valence-electron chi connectivity index (χ3n) is 14.2. The Morgan fingerprint density at radius 3 is 1.48 bits per heavy atom. The molecule has 0 bridgehead atoms. The maximum absolute atomic E-state index is 6.33. The molecular formula is C67H45NO. The molecular weight excluding hydrogens is 835 g/mol. The average molecular weight is 880 g/mol. The molecule has 1 heterocycles. The van der Waals surface area contributed by atoms with Crippen molar-refractivity contribution in [1.29, 1.82) is 0 Å². The van der Waals surface area contributed by atoms with Gasteiger partial charge in [-0.1, -0.05) is 224 Å². The van der Waals surface area contributed by atoms with Gasteiger partial charge in [0.1, 0.15) is 11.2 Å². The summed E-state index contributed by atoms with van der Waals surface area (Å²) in [6.07, 6.45) is 0. The minimum Gasteiger partial charge on any atom is -0.456 e. The highest BCUT2D eigenvalue weighted by atomic mass is 16.3. The predicted molar refractivity (Wildman–Crippen MR) is 287 cm³/mol. The molecule has 0 radical (unpaired) electrons. The average Bonchev–Trinajstić information content (AvgIpc) is 3.97. The summed E-state index contributed by atoms with van der Waals surface area (Å²) in [4.78, 5) is 2.46. The first-order chi connectivity index (χ1) is 34.2. The highest BCUT2D eigenvalue weighted by molar-refractivity contribution is 6.12.